The topological polar surface area (TPSA) is 12.0 Å². The van der Waals surface area contributed by atoms with E-state index in [1.165, 1.54) is 12.1 Å². The molecule has 0 spiro atoms. The summed E-state index contributed by atoms with van der Waals surface area (Å²) in [5.41, 5.74) is 1.65. The van der Waals surface area contributed by atoms with Crippen LogP contribution in [0.3, 0.4) is 0 Å². The van der Waals surface area contributed by atoms with E-state index in [0.29, 0.717) is 15.1 Å². The van der Waals surface area contributed by atoms with Crippen molar-refractivity contribution in [3.63, 3.8) is 0 Å². The molecule has 0 aliphatic heterocycles. The van der Waals surface area contributed by atoms with E-state index < -0.39 is 0 Å². The van der Waals surface area contributed by atoms with Crippen LogP contribution in [-0.2, 0) is 0 Å². The number of hydrogen-bond donors (Lipinski definition) is 1. The minimum atomic E-state index is -0.361. The molecule has 0 bridgehead atoms. The van der Waals surface area contributed by atoms with Crippen molar-refractivity contribution in [2.75, 3.05) is 6.54 Å². The molecule has 0 saturated carbocycles. The van der Waals surface area contributed by atoms with E-state index in [4.69, 9.17) is 34.8 Å². The first kappa shape index (κ1) is 16.6. The van der Waals surface area contributed by atoms with Crippen molar-refractivity contribution in [1.82, 2.24) is 5.32 Å². The van der Waals surface area contributed by atoms with Gasteiger partial charge in [0.1, 0.15) is 5.82 Å². The zero-order valence-corrected chi connectivity index (χ0v) is 13.7. The Kier molecular flexibility index (Phi) is 5.88. The van der Waals surface area contributed by atoms with Gasteiger partial charge in [-0.25, -0.2) is 4.39 Å². The first-order chi connectivity index (χ1) is 10.0. The first-order valence-corrected chi connectivity index (χ1v) is 7.79. The van der Waals surface area contributed by atoms with Crippen molar-refractivity contribution < 1.29 is 4.39 Å². The Hall–Kier alpha value is -0.800. The number of hydrogen-bond acceptors (Lipinski definition) is 1. The lowest BCUT2D eigenvalue weighted by molar-refractivity contribution is 0.593. The third-order valence-corrected chi connectivity index (χ3v) is 4.04. The van der Waals surface area contributed by atoms with Crippen LogP contribution in [0.2, 0.25) is 15.1 Å². The normalized spacial score (nSPS) is 12.4. The quantitative estimate of drug-likeness (QED) is 0.713. The predicted molar refractivity (Wildman–Crippen MR) is 88.0 cm³/mol. The summed E-state index contributed by atoms with van der Waals surface area (Å²) in [6, 6.07) is 9.50. The molecule has 1 atom stereocenters. The molecule has 21 heavy (non-hydrogen) atoms. The molecule has 0 amide bonds. The highest BCUT2D eigenvalue weighted by Gasteiger charge is 2.19. The van der Waals surface area contributed by atoms with Gasteiger partial charge < -0.3 is 5.32 Å². The Morgan fingerprint density at radius 3 is 2.19 bits per heavy atom. The van der Waals surface area contributed by atoms with Gasteiger partial charge in [-0.05, 0) is 48.4 Å². The maximum atomic E-state index is 13.2. The van der Waals surface area contributed by atoms with E-state index in [1.807, 2.05) is 6.07 Å². The molecule has 1 N–H and O–H groups in total. The predicted octanol–water partition coefficient (Wildman–Crippen LogP) is 5.87. The van der Waals surface area contributed by atoms with Crippen LogP contribution in [0.25, 0.3) is 0 Å². The Labute approximate surface area is 139 Å². The molecule has 0 saturated heterocycles. The van der Waals surface area contributed by atoms with Crippen LogP contribution < -0.4 is 5.32 Å². The molecule has 2 aromatic carbocycles. The van der Waals surface area contributed by atoms with Crippen molar-refractivity contribution >= 4 is 34.8 Å². The molecule has 0 radical (unpaired) electrons. The SMILES string of the molecule is CCCNC(c1ccc(F)cc1Cl)c1ccc(Cl)cc1Cl. The van der Waals surface area contributed by atoms with Crippen molar-refractivity contribution in [2.24, 2.45) is 0 Å². The van der Waals surface area contributed by atoms with Crippen LogP contribution in [0.4, 0.5) is 4.39 Å². The van der Waals surface area contributed by atoms with Gasteiger partial charge in [0.25, 0.3) is 0 Å². The van der Waals surface area contributed by atoms with Crippen LogP contribution in [0.1, 0.15) is 30.5 Å². The van der Waals surface area contributed by atoms with E-state index in [1.54, 1.807) is 18.2 Å². The summed E-state index contributed by atoms with van der Waals surface area (Å²) >= 11 is 18.4. The Morgan fingerprint density at radius 1 is 1.00 bits per heavy atom. The molecule has 5 heteroatoms. The van der Waals surface area contributed by atoms with Gasteiger partial charge in [0.05, 0.1) is 6.04 Å². The molecule has 0 heterocycles. The summed E-state index contributed by atoms with van der Waals surface area (Å²) in [4.78, 5) is 0. The summed E-state index contributed by atoms with van der Waals surface area (Å²) in [5, 5.41) is 4.88. The van der Waals surface area contributed by atoms with Gasteiger partial charge in [0.15, 0.2) is 0 Å². The lowest BCUT2D eigenvalue weighted by Gasteiger charge is -2.22. The third-order valence-electron chi connectivity index (χ3n) is 3.15. The van der Waals surface area contributed by atoms with Crippen molar-refractivity contribution in [1.29, 1.82) is 0 Å². The maximum Gasteiger partial charge on any atom is 0.124 e. The summed E-state index contributed by atoms with van der Waals surface area (Å²) in [6.07, 6.45) is 0.959. The van der Waals surface area contributed by atoms with Gasteiger partial charge in [-0.1, -0.05) is 53.9 Å². The van der Waals surface area contributed by atoms with Gasteiger partial charge in [-0.3, -0.25) is 0 Å². The summed E-state index contributed by atoms with van der Waals surface area (Å²) < 4.78 is 13.2. The number of benzene rings is 2. The van der Waals surface area contributed by atoms with Crippen molar-refractivity contribution in [3.05, 3.63) is 68.4 Å². The molecule has 1 nitrogen and oxygen atoms in total. The van der Waals surface area contributed by atoms with Crippen LogP contribution in [0, 0.1) is 5.82 Å². The van der Waals surface area contributed by atoms with E-state index in [2.05, 4.69) is 12.2 Å². The Morgan fingerprint density at radius 2 is 1.62 bits per heavy atom. The smallest absolute Gasteiger partial charge is 0.124 e. The molecule has 1 unspecified atom stereocenters. The molecule has 112 valence electrons. The molecule has 2 aromatic rings. The molecule has 2 rings (SSSR count). The molecular formula is C16H15Cl3FN. The van der Waals surface area contributed by atoms with Gasteiger partial charge in [-0.15, -0.1) is 0 Å². The molecule has 0 aromatic heterocycles. The average Bonchev–Trinajstić information content (AvgIpc) is 2.42. The first-order valence-electron chi connectivity index (χ1n) is 6.66. The molecule has 0 aliphatic rings. The van der Waals surface area contributed by atoms with Gasteiger partial charge in [0.2, 0.25) is 0 Å². The lowest BCUT2D eigenvalue weighted by Crippen LogP contribution is -2.23. The fourth-order valence-electron chi connectivity index (χ4n) is 2.15. The zero-order valence-electron chi connectivity index (χ0n) is 11.5. The zero-order chi connectivity index (χ0) is 15.4. The lowest BCUT2D eigenvalue weighted by atomic mass is 9.98. The second-order valence-corrected chi connectivity index (χ2v) is 5.97. The van der Waals surface area contributed by atoms with Gasteiger partial charge >= 0.3 is 0 Å². The maximum absolute atomic E-state index is 13.2. The van der Waals surface area contributed by atoms with Crippen molar-refractivity contribution in [3.8, 4) is 0 Å². The summed E-state index contributed by atoms with van der Waals surface area (Å²) in [6.45, 7) is 2.86. The second-order valence-electron chi connectivity index (χ2n) is 4.72. The fraction of sp³-hybridized carbons (Fsp3) is 0.250. The van der Waals surface area contributed by atoms with E-state index in [-0.39, 0.29) is 11.9 Å². The third kappa shape index (κ3) is 4.10. The van der Waals surface area contributed by atoms with E-state index in [9.17, 15) is 4.39 Å². The second kappa shape index (κ2) is 7.46. The van der Waals surface area contributed by atoms with Gasteiger partial charge in [-0.2, -0.15) is 0 Å². The van der Waals surface area contributed by atoms with Crippen LogP contribution in [0.15, 0.2) is 36.4 Å². The van der Waals surface area contributed by atoms with Crippen LogP contribution in [0.5, 0.6) is 0 Å². The Bertz CT molecular complexity index is 579. The van der Waals surface area contributed by atoms with E-state index in [0.717, 1.165) is 24.1 Å². The highest BCUT2D eigenvalue weighted by molar-refractivity contribution is 6.35. The van der Waals surface area contributed by atoms with Crippen LogP contribution >= 0.6 is 34.8 Å². The minimum absolute atomic E-state index is 0.206. The minimum Gasteiger partial charge on any atom is -0.306 e. The highest BCUT2D eigenvalue weighted by Crippen LogP contribution is 2.34. The monoisotopic (exact) mass is 345 g/mol. The summed E-state index contributed by atoms with van der Waals surface area (Å²) in [5.74, 6) is -0.361. The number of nitrogens with one attached hydrogen (secondary N) is 1. The average molecular weight is 347 g/mol. The summed E-state index contributed by atoms with van der Waals surface area (Å²) in [7, 11) is 0. The van der Waals surface area contributed by atoms with Crippen LogP contribution in [-0.4, -0.2) is 6.54 Å². The molecular weight excluding hydrogens is 332 g/mol. The highest BCUT2D eigenvalue weighted by atomic mass is 35.5. The number of halogens is 4. The molecule has 0 fully saturated rings. The molecule has 0 aliphatic carbocycles. The Balaban J connectivity index is 2.46. The largest absolute Gasteiger partial charge is 0.306 e. The fourth-order valence-corrected chi connectivity index (χ4v) is 2.94. The standard InChI is InChI=1S/C16H15Cl3FN/c1-2-7-21-16(12-5-3-10(17)8-14(12)18)13-6-4-11(20)9-15(13)19/h3-6,8-9,16,21H,2,7H2,1H3. The van der Waals surface area contributed by atoms with Gasteiger partial charge in [0, 0.05) is 15.1 Å². The van der Waals surface area contributed by atoms with Crippen molar-refractivity contribution in [2.45, 2.75) is 19.4 Å². The van der Waals surface area contributed by atoms with E-state index >= 15 is 0 Å². The number of rotatable bonds is 5.